The van der Waals surface area contributed by atoms with E-state index in [0.29, 0.717) is 17.7 Å². The Bertz CT molecular complexity index is 537. The molecule has 0 amide bonds. The van der Waals surface area contributed by atoms with E-state index in [0.717, 1.165) is 12.3 Å². The van der Waals surface area contributed by atoms with Crippen LogP contribution in [0.15, 0.2) is 35.7 Å². The highest BCUT2D eigenvalue weighted by Gasteiger charge is 2.20. The molecule has 19 heavy (non-hydrogen) atoms. The van der Waals surface area contributed by atoms with Gasteiger partial charge >= 0.3 is 0 Å². The second-order valence-corrected chi connectivity index (χ2v) is 6.23. The number of ether oxygens (including phenoxy) is 1. The van der Waals surface area contributed by atoms with Gasteiger partial charge in [0.2, 0.25) is 0 Å². The first kappa shape index (κ1) is 13.0. The summed E-state index contributed by atoms with van der Waals surface area (Å²) in [6, 6.07) is 10.8. The van der Waals surface area contributed by atoms with E-state index >= 15 is 0 Å². The first-order valence-electron chi connectivity index (χ1n) is 6.48. The van der Waals surface area contributed by atoms with Crippen molar-refractivity contribution in [3.8, 4) is 5.75 Å². The van der Waals surface area contributed by atoms with Crippen molar-refractivity contribution < 1.29 is 4.74 Å². The van der Waals surface area contributed by atoms with Crippen LogP contribution in [0.5, 0.6) is 5.75 Å². The van der Waals surface area contributed by atoms with Crippen LogP contribution in [-0.2, 0) is 13.2 Å². The molecular weight excluding hydrogens is 278 g/mol. The minimum Gasteiger partial charge on any atom is -0.487 e. The van der Waals surface area contributed by atoms with E-state index in [1.165, 1.54) is 23.3 Å². The maximum absolute atomic E-state index is 6.25. The molecule has 0 saturated heterocycles. The van der Waals surface area contributed by atoms with Crippen LogP contribution in [0, 0.1) is 0 Å². The quantitative estimate of drug-likeness (QED) is 0.860. The number of hydrogen-bond acceptors (Lipinski definition) is 3. The molecule has 1 heterocycles. The lowest BCUT2D eigenvalue weighted by Gasteiger charge is -2.09. The average molecular weight is 294 g/mol. The van der Waals surface area contributed by atoms with E-state index in [4.69, 9.17) is 16.3 Å². The van der Waals surface area contributed by atoms with Gasteiger partial charge in [-0.3, -0.25) is 0 Å². The summed E-state index contributed by atoms with van der Waals surface area (Å²) < 4.78 is 5.73. The molecule has 0 atom stereocenters. The largest absolute Gasteiger partial charge is 0.487 e. The summed E-state index contributed by atoms with van der Waals surface area (Å²) in [5, 5.41) is 6.21. The average Bonchev–Trinajstić information content (AvgIpc) is 3.10. The van der Waals surface area contributed by atoms with Gasteiger partial charge in [0.25, 0.3) is 0 Å². The molecule has 0 radical (unpaired) electrons. The van der Waals surface area contributed by atoms with Gasteiger partial charge in [0.05, 0.1) is 5.02 Å². The number of halogens is 1. The smallest absolute Gasteiger partial charge is 0.138 e. The first-order chi connectivity index (χ1) is 9.31. The maximum atomic E-state index is 6.25. The van der Waals surface area contributed by atoms with Gasteiger partial charge < -0.3 is 10.1 Å². The van der Waals surface area contributed by atoms with E-state index < -0.39 is 0 Å². The van der Waals surface area contributed by atoms with Gasteiger partial charge in [0.15, 0.2) is 0 Å². The Morgan fingerprint density at radius 3 is 2.89 bits per heavy atom. The highest BCUT2D eigenvalue weighted by Crippen LogP contribution is 2.27. The number of hydrogen-bond donors (Lipinski definition) is 1. The van der Waals surface area contributed by atoms with E-state index in [2.05, 4.69) is 17.4 Å². The topological polar surface area (TPSA) is 21.3 Å². The van der Waals surface area contributed by atoms with Crippen molar-refractivity contribution in [1.29, 1.82) is 0 Å². The lowest BCUT2D eigenvalue weighted by atomic mass is 10.2. The maximum Gasteiger partial charge on any atom is 0.138 e. The molecule has 1 aromatic heterocycles. The molecule has 100 valence electrons. The molecule has 0 spiro atoms. The van der Waals surface area contributed by atoms with Crippen molar-refractivity contribution in [3.63, 3.8) is 0 Å². The molecule has 0 unspecified atom stereocenters. The molecule has 0 bridgehead atoms. The van der Waals surface area contributed by atoms with Gasteiger partial charge in [0, 0.05) is 17.5 Å². The van der Waals surface area contributed by atoms with E-state index in [-0.39, 0.29) is 0 Å². The zero-order valence-corrected chi connectivity index (χ0v) is 12.1. The molecule has 1 aliphatic rings. The third kappa shape index (κ3) is 3.72. The molecule has 1 aromatic carbocycles. The Balaban J connectivity index is 1.58. The molecular formula is C15H16ClNOS. The molecule has 2 aromatic rings. The Hall–Kier alpha value is -1.03. The summed E-state index contributed by atoms with van der Waals surface area (Å²) in [4.78, 5) is 1.20. The van der Waals surface area contributed by atoms with Crippen molar-refractivity contribution in [1.82, 2.24) is 5.32 Å². The van der Waals surface area contributed by atoms with E-state index in [1.54, 1.807) is 11.3 Å². The molecule has 1 N–H and O–H groups in total. The molecule has 4 heteroatoms. The number of thiophene rings is 1. The summed E-state index contributed by atoms with van der Waals surface area (Å²) in [6.45, 7) is 1.46. The zero-order chi connectivity index (χ0) is 13.1. The second-order valence-electron chi connectivity index (χ2n) is 4.79. The van der Waals surface area contributed by atoms with Crippen molar-refractivity contribution in [3.05, 3.63) is 51.2 Å². The summed E-state index contributed by atoms with van der Waals surface area (Å²) in [6.07, 6.45) is 2.60. The van der Waals surface area contributed by atoms with Crippen LogP contribution in [0.4, 0.5) is 0 Å². The minimum absolute atomic E-state index is 0.580. The third-order valence-electron chi connectivity index (χ3n) is 3.12. The van der Waals surface area contributed by atoms with Gasteiger partial charge in [-0.05, 0) is 42.0 Å². The van der Waals surface area contributed by atoms with Gasteiger partial charge in [0.1, 0.15) is 12.4 Å². The Labute approximate surface area is 122 Å². The molecule has 1 aliphatic carbocycles. The van der Waals surface area contributed by atoms with Gasteiger partial charge in [-0.1, -0.05) is 23.7 Å². The van der Waals surface area contributed by atoms with Crippen molar-refractivity contribution in [2.24, 2.45) is 0 Å². The number of benzene rings is 1. The molecule has 1 fully saturated rings. The monoisotopic (exact) mass is 293 g/mol. The molecule has 0 aliphatic heterocycles. The molecule has 1 saturated carbocycles. The summed E-state index contributed by atoms with van der Waals surface area (Å²) >= 11 is 7.94. The van der Waals surface area contributed by atoms with Crippen LogP contribution in [0.1, 0.15) is 23.3 Å². The van der Waals surface area contributed by atoms with Crippen molar-refractivity contribution >= 4 is 22.9 Å². The normalized spacial score (nSPS) is 14.6. The Kier molecular flexibility index (Phi) is 4.06. The van der Waals surface area contributed by atoms with Gasteiger partial charge in [-0.2, -0.15) is 0 Å². The highest BCUT2D eigenvalue weighted by molar-refractivity contribution is 7.09. The SMILES string of the molecule is Clc1cc(CNC2CC2)ccc1OCc1cccs1. The van der Waals surface area contributed by atoms with Crippen LogP contribution in [0.25, 0.3) is 0 Å². The van der Waals surface area contributed by atoms with Crippen molar-refractivity contribution in [2.75, 3.05) is 0 Å². The van der Waals surface area contributed by atoms with Crippen molar-refractivity contribution in [2.45, 2.75) is 32.0 Å². The lowest BCUT2D eigenvalue weighted by molar-refractivity contribution is 0.310. The predicted molar refractivity (Wildman–Crippen MR) is 80.0 cm³/mol. The van der Waals surface area contributed by atoms with Crippen LogP contribution >= 0.6 is 22.9 Å². The standard InChI is InChI=1S/C15H16ClNOS/c16-14-8-11(9-17-12-4-5-12)3-6-15(14)18-10-13-2-1-7-19-13/h1-3,6-8,12,17H,4-5,9-10H2. The van der Waals surface area contributed by atoms with Crippen LogP contribution in [-0.4, -0.2) is 6.04 Å². The fourth-order valence-electron chi connectivity index (χ4n) is 1.86. The summed E-state index contributed by atoms with van der Waals surface area (Å²) in [5.41, 5.74) is 1.21. The number of rotatable bonds is 6. The zero-order valence-electron chi connectivity index (χ0n) is 10.6. The third-order valence-corrected chi connectivity index (χ3v) is 4.26. The van der Waals surface area contributed by atoms with Gasteiger partial charge in [-0.25, -0.2) is 0 Å². The fourth-order valence-corrected chi connectivity index (χ4v) is 2.74. The lowest BCUT2D eigenvalue weighted by Crippen LogP contribution is -2.15. The summed E-state index contributed by atoms with van der Waals surface area (Å²) in [7, 11) is 0. The Morgan fingerprint density at radius 1 is 1.32 bits per heavy atom. The van der Waals surface area contributed by atoms with E-state index in [9.17, 15) is 0 Å². The second kappa shape index (κ2) is 5.95. The van der Waals surface area contributed by atoms with Crippen LogP contribution in [0.3, 0.4) is 0 Å². The predicted octanol–water partition coefficient (Wildman–Crippen LogP) is 4.23. The van der Waals surface area contributed by atoms with E-state index in [1.807, 2.05) is 23.6 Å². The first-order valence-corrected chi connectivity index (χ1v) is 7.74. The fraction of sp³-hybridized carbons (Fsp3) is 0.333. The van der Waals surface area contributed by atoms with Crippen LogP contribution < -0.4 is 10.1 Å². The Morgan fingerprint density at radius 2 is 2.21 bits per heavy atom. The molecule has 3 rings (SSSR count). The number of nitrogens with one attached hydrogen (secondary N) is 1. The van der Waals surface area contributed by atoms with Gasteiger partial charge in [-0.15, -0.1) is 11.3 Å². The minimum atomic E-state index is 0.580. The molecule has 2 nitrogen and oxygen atoms in total. The highest BCUT2D eigenvalue weighted by atomic mass is 35.5. The summed E-state index contributed by atoms with van der Waals surface area (Å²) in [5.74, 6) is 0.755. The van der Waals surface area contributed by atoms with Crippen LogP contribution in [0.2, 0.25) is 5.02 Å².